The van der Waals surface area contributed by atoms with Gasteiger partial charge in [0.1, 0.15) is 5.02 Å². The van der Waals surface area contributed by atoms with E-state index >= 15 is 0 Å². The maximum Gasteiger partial charge on any atom is 0.490 e. The number of benzene rings is 3. The van der Waals surface area contributed by atoms with Gasteiger partial charge in [0.2, 0.25) is 0 Å². The molecule has 1 fully saturated rings. The molecule has 3 aromatic carbocycles. The minimum atomic E-state index is -5.08. The number of aromatic nitrogens is 2. The topological polar surface area (TPSA) is 129 Å². The highest BCUT2D eigenvalue weighted by Gasteiger charge is 2.38. The van der Waals surface area contributed by atoms with Crippen molar-refractivity contribution in [3.63, 3.8) is 0 Å². The molecule has 1 aromatic heterocycles. The van der Waals surface area contributed by atoms with Crippen molar-refractivity contribution in [1.82, 2.24) is 15.1 Å². The smallest absolute Gasteiger partial charge is 0.475 e. The van der Waals surface area contributed by atoms with E-state index in [0.29, 0.717) is 17.1 Å². The van der Waals surface area contributed by atoms with Crippen LogP contribution >= 0.6 is 11.6 Å². The summed E-state index contributed by atoms with van der Waals surface area (Å²) >= 11 is 6.51. The first-order valence-corrected chi connectivity index (χ1v) is 14.6. The summed E-state index contributed by atoms with van der Waals surface area (Å²) in [6, 6.07) is 25.2. The van der Waals surface area contributed by atoms with Crippen LogP contribution in [-0.2, 0) is 11.3 Å². The zero-order valence-electron chi connectivity index (χ0n) is 24.9. The molecule has 4 aromatic rings. The number of carboxylic acid groups (broad SMARTS) is 1. The van der Waals surface area contributed by atoms with Crippen LogP contribution in [0.15, 0.2) is 89.9 Å². The Morgan fingerprint density at radius 1 is 0.935 bits per heavy atom. The second-order valence-corrected chi connectivity index (χ2v) is 11.1. The Bertz CT molecular complexity index is 1710. The number of aliphatic carboxylic acids is 1. The summed E-state index contributed by atoms with van der Waals surface area (Å²) in [5.41, 5.74) is 4.59. The summed E-state index contributed by atoms with van der Waals surface area (Å²) < 4.78 is 33.1. The van der Waals surface area contributed by atoms with E-state index in [1.807, 2.05) is 72.8 Å². The zero-order chi connectivity index (χ0) is 33.4. The number of carbonyl (C=O) groups excluding carboxylic acids is 1. The number of nitrogens with one attached hydrogen (secondary N) is 3. The molecule has 0 spiro atoms. The van der Waals surface area contributed by atoms with Crippen LogP contribution < -0.4 is 26.4 Å². The van der Waals surface area contributed by atoms with Gasteiger partial charge in [-0.3, -0.25) is 4.79 Å². The summed E-state index contributed by atoms with van der Waals surface area (Å²) in [7, 11) is 0. The third-order valence-electron chi connectivity index (χ3n) is 6.87. The van der Waals surface area contributed by atoms with Gasteiger partial charge >= 0.3 is 18.2 Å². The first-order chi connectivity index (χ1) is 21.8. The molecule has 14 heteroatoms. The highest BCUT2D eigenvalue weighted by molar-refractivity contribution is 6.33. The van der Waals surface area contributed by atoms with Crippen molar-refractivity contribution < 1.29 is 27.9 Å². The van der Waals surface area contributed by atoms with Crippen molar-refractivity contribution in [3.05, 3.63) is 106 Å². The molecule has 0 aliphatic carbocycles. The fraction of sp³-hybridized carbons (Fsp3) is 0.250. The Hall–Kier alpha value is -4.88. The summed E-state index contributed by atoms with van der Waals surface area (Å²) in [6.45, 7) is 5.94. The van der Waals surface area contributed by atoms with Crippen LogP contribution in [-0.4, -0.2) is 58.2 Å². The van der Waals surface area contributed by atoms with Crippen molar-refractivity contribution >= 4 is 40.7 Å². The number of carbonyl (C=O) groups is 2. The van der Waals surface area contributed by atoms with Gasteiger partial charge in [-0.05, 0) is 54.8 Å². The summed E-state index contributed by atoms with van der Waals surface area (Å²) in [4.78, 5) is 36.6. The lowest BCUT2D eigenvalue weighted by Gasteiger charge is -2.37. The van der Waals surface area contributed by atoms with E-state index in [9.17, 15) is 22.8 Å². The molecule has 242 valence electrons. The number of rotatable bonds is 6. The molecule has 2 heterocycles. The molecule has 46 heavy (non-hydrogen) atoms. The van der Waals surface area contributed by atoms with Crippen LogP contribution in [0, 0.1) is 0 Å². The van der Waals surface area contributed by atoms with Gasteiger partial charge in [0.05, 0.1) is 18.4 Å². The number of hydrogen-bond acceptors (Lipinski definition) is 6. The van der Waals surface area contributed by atoms with Crippen molar-refractivity contribution in [2.75, 3.05) is 28.6 Å². The Labute approximate surface area is 267 Å². The molecule has 2 amide bonds. The van der Waals surface area contributed by atoms with Gasteiger partial charge < -0.3 is 26.0 Å². The molecular weight excluding hydrogens is 625 g/mol. The van der Waals surface area contributed by atoms with Gasteiger partial charge in [-0.2, -0.15) is 18.3 Å². The van der Waals surface area contributed by atoms with E-state index in [1.54, 1.807) is 12.3 Å². The van der Waals surface area contributed by atoms with Crippen molar-refractivity contribution in [3.8, 4) is 11.1 Å². The first kappa shape index (κ1) is 34.0. The molecule has 10 nitrogen and oxygen atoms in total. The molecule has 0 bridgehead atoms. The number of halogens is 4. The highest BCUT2D eigenvalue weighted by atomic mass is 35.5. The second-order valence-electron chi connectivity index (χ2n) is 10.7. The molecule has 1 aliphatic rings. The maximum atomic E-state index is 13.0. The normalized spacial score (nSPS) is 16.2. The average molecular weight is 657 g/mol. The third kappa shape index (κ3) is 9.31. The second kappa shape index (κ2) is 14.9. The van der Waals surface area contributed by atoms with E-state index in [-0.39, 0.29) is 35.2 Å². The first-order valence-electron chi connectivity index (χ1n) is 14.2. The number of nitrogens with zero attached hydrogens (tertiary/aromatic N) is 3. The van der Waals surface area contributed by atoms with Gasteiger partial charge in [0.15, 0.2) is 0 Å². The van der Waals surface area contributed by atoms with E-state index < -0.39 is 12.1 Å². The van der Waals surface area contributed by atoms with Crippen molar-refractivity contribution in [2.24, 2.45) is 0 Å². The number of alkyl halides is 3. The van der Waals surface area contributed by atoms with E-state index in [1.165, 1.54) is 4.68 Å². The molecule has 0 saturated carbocycles. The molecule has 1 aliphatic heterocycles. The average Bonchev–Trinajstić information content (AvgIpc) is 3.00. The van der Waals surface area contributed by atoms with Crippen molar-refractivity contribution in [1.29, 1.82) is 0 Å². The standard InChI is InChI=1S/C30H31ClN6O2.C2HF3O2/c1-20-17-36(18-21(2)33-20)27-16-32-37(29(38)28(27)31)19-22-7-6-10-26(15-22)35-30(39)34-25-13-11-24(12-14-25)23-8-4-3-5-9-23;3-2(4,5)1(6)7/h3-16,20-21,33H,17-19H2,1-2H3,(H2,34,35,39);(H,6,7)/t20-,21+;. The molecule has 1 saturated heterocycles. The SMILES string of the molecule is C[C@@H]1CN(c2cnn(Cc3cccc(NC(=O)Nc4ccc(-c5ccccc5)cc4)c3)c(=O)c2Cl)C[C@H](C)N1.O=C(O)C(F)(F)F. The molecular formula is C32H32ClF3N6O4. The number of hydrogen-bond donors (Lipinski definition) is 4. The molecule has 0 unspecified atom stereocenters. The number of amides is 2. The minimum Gasteiger partial charge on any atom is -0.475 e. The Morgan fingerprint density at radius 3 is 2.13 bits per heavy atom. The van der Waals surface area contributed by atoms with Crippen LogP contribution in [0.2, 0.25) is 5.02 Å². The number of anilines is 3. The minimum absolute atomic E-state index is 0.165. The van der Waals surface area contributed by atoms with Crippen LogP contribution in [0.25, 0.3) is 11.1 Å². The van der Waals surface area contributed by atoms with E-state index in [2.05, 4.69) is 39.8 Å². The van der Waals surface area contributed by atoms with Crippen LogP contribution in [0.1, 0.15) is 19.4 Å². The summed E-state index contributed by atoms with van der Waals surface area (Å²) in [5.74, 6) is -2.76. The lowest BCUT2D eigenvalue weighted by molar-refractivity contribution is -0.192. The lowest BCUT2D eigenvalue weighted by Crippen LogP contribution is -2.54. The molecule has 4 N–H and O–H groups in total. The van der Waals surface area contributed by atoms with E-state index in [4.69, 9.17) is 21.5 Å². The van der Waals surface area contributed by atoms with Gasteiger partial charge in [0, 0.05) is 36.5 Å². The van der Waals surface area contributed by atoms with Gasteiger partial charge in [0.25, 0.3) is 5.56 Å². The van der Waals surface area contributed by atoms with Gasteiger partial charge in [-0.25, -0.2) is 14.3 Å². The third-order valence-corrected chi connectivity index (χ3v) is 7.23. The molecule has 0 radical (unpaired) electrons. The number of carboxylic acids is 1. The Balaban J connectivity index is 0.000000617. The highest BCUT2D eigenvalue weighted by Crippen LogP contribution is 2.24. The van der Waals surface area contributed by atoms with Crippen LogP contribution in [0.3, 0.4) is 0 Å². The Kier molecular flexibility index (Phi) is 11.0. The number of piperazine rings is 1. The van der Waals surface area contributed by atoms with Crippen LogP contribution in [0.5, 0.6) is 0 Å². The fourth-order valence-electron chi connectivity index (χ4n) is 4.90. The van der Waals surface area contributed by atoms with Gasteiger partial charge in [-0.15, -0.1) is 0 Å². The zero-order valence-corrected chi connectivity index (χ0v) is 25.6. The molecule has 2 atom stereocenters. The predicted molar refractivity (Wildman–Crippen MR) is 172 cm³/mol. The monoisotopic (exact) mass is 656 g/mol. The lowest BCUT2D eigenvalue weighted by atomic mass is 10.1. The predicted octanol–water partition coefficient (Wildman–Crippen LogP) is 6.08. The quantitative estimate of drug-likeness (QED) is 0.198. The summed E-state index contributed by atoms with van der Waals surface area (Å²) in [6.07, 6.45) is -3.42. The van der Waals surface area contributed by atoms with Crippen molar-refractivity contribution in [2.45, 2.75) is 38.7 Å². The van der Waals surface area contributed by atoms with Crippen LogP contribution in [0.4, 0.5) is 35.0 Å². The Morgan fingerprint density at radius 2 is 1.52 bits per heavy atom. The van der Waals surface area contributed by atoms with Gasteiger partial charge in [-0.1, -0.05) is 66.2 Å². The van der Waals surface area contributed by atoms with E-state index in [0.717, 1.165) is 29.8 Å². The summed E-state index contributed by atoms with van der Waals surface area (Å²) in [5, 5.41) is 20.9. The largest absolute Gasteiger partial charge is 0.490 e. The molecule has 5 rings (SSSR count). The number of urea groups is 1. The fourth-order valence-corrected chi connectivity index (χ4v) is 5.17. The maximum absolute atomic E-state index is 13.0.